The van der Waals surface area contributed by atoms with E-state index in [1.807, 2.05) is 6.07 Å². The van der Waals surface area contributed by atoms with E-state index in [0.717, 1.165) is 0 Å². The van der Waals surface area contributed by atoms with Gasteiger partial charge in [-0.2, -0.15) is 5.26 Å². The van der Waals surface area contributed by atoms with Gasteiger partial charge in [-0.25, -0.2) is 0 Å². The first-order valence-corrected chi connectivity index (χ1v) is 7.64. The summed E-state index contributed by atoms with van der Waals surface area (Å²) in [4.78, 5) is 22.6. The summed E-state index contributed by atoms with van der Waals surface area (Å²) in [7, 11) is 0. The first-order valence-electron chi connectivity index (χ1n) is 7.64. The highest BCUT2D eigenvalue weighted by molar-refractivity contribution is 6.13. The van der Waals surface area contributed by atoms with Crippen molar-refractivity contribution in [3.63, 3.8) is 0 Å². The zero-order chi connectivity index (χ0) is 18.5. The zero-order valence-corrected chi connectivity index (χ0v) is 13.5. The summed E-state index contributed by atoms with van der Waals surface area (Å²) in [5, 5.41) is 20.0. The van der Waals surface area contributed by atoms with Crippen molar-refractivity contribution in [2.45, 2.75) is 0 Å². The van der Waals surface area contributed by atoms with Crippen LogP contribution in [0.15, 0.2) is 76.7 Å². The van der Waals surface area contributed by atoms with Gasteiger partial charge in [0.2, 0.25) is 5.78 Å². The second-order valence-corrected chi connectivity index (χ2v) is 5.37. The van der Waals surface area contributed by atoms with Crippen LogP contribution in [0.25, 0.3) is 17.4 Å². The lowest BCUT2D eigenvalue weighted by atomic mass is 10.0. The Balaban J connectivity index is 1.86. The van der Waals surface area contributed by atoms with Crippen LogP contribution in [-0.4, -0.2) is 10.7 Å². The maximum Gasteiger partial charge on any atom is 0.269 e. The number of rotatable bonds is 5. The minimum absolute atomic E-state index is 0.0133. The SMILES string of the molecule is N#C/C(=C\c1ccc(-c2ccc([N+](=O)[O-])cc2)o1)C(=O)c1ccccc1. The average Bonchev–Trinajstić information content (AvgIpc) is 3.15. The molecule has 3 rings (SSSR count). The smallest absolute Gasteiger partial charge is 0.269 e. The van der Waals surface area contributed by atoms with Crippen LogP contribution in [-0.2, 0) is 0 Å². The largest absolute Gasteiger partial charge is 0.457 e. The molecular weight excluding hydrogens is 332 g/mol. The molecule has 0 unspecified atom stereocenters. The standard InChI is InChI=1S/C20H12N2O4/c21-13-16(20(23)15-4-2-1-3-5-15)12-18-10-11-19(26-18)14-6-8-17(9-7-14)22(24)25/h1-12H/b16-12+. The number of carbonyl (C=O) groups is 1. The molecule has 0 spiro atoms. The molecule has 0 bridgehead atoms. The maximum absolute atomic E-state index is 12.4. The number of benzene rings is 2. The number of allylic oxidation sites excluding steroid dienone is 1. The second kappa shape index (κ2) is 7.28. The molecule has 6 nitrogen and oxygen atoms in total. The number of nitro benzene ring substituents is 1. The lowest BCUT2D eigenvalue weighted by Gasteiger charge is -1.98. The predicted octanol–water partition coefficient (Wildman–Crippen LogP) is 4.64. The monoisotopic (exact) mass is 344 g/mol. The topological polar surface area (TPSA) is 97.1 Å². The molecule has 126 valence electrons. The number of non-ortho nitro benzene ring substituents is 1. The van der Waals surface area contributed by atoms with Gasteiger partial charge in [0.25, 0.3) is 5.69 Å². The number of nitrogens with zero attached hydrogens (tertiary/aromatic N) is 2. The lowest BCUT2D eigenvalue weighted by Crippen LogP contribution is -2.01. The number of carbonyl (C=O) groups excluding carboxylic acids is 1. The fourth-order valence-corrected chi connectivity index (χ4v) is 2.37. The quantitative estimate of drug-likeness (QED) is 0.221. The van der Waals surface area contributed by atoms with Crippen LogP contribution >= 0.6 is 0 Å². The van der Waals surface area contributed by atoms with Crippen LogP contribution in [0.2, 0.25) is 0 Å². The minimum Gasteiger partial charge on any atom is -0.457 e. The molecule has 26 heavy (non-hydrogen) atoms. The van der Waals surface area contributed by atoms with E-state index in [4.69, 9.17) is 4.42 Å². The maximum atomic E-state index is 12.4. The van der Waals surface area contributed by atoms with E-state index in [1.54, 1.807) is 54.6 Å². The van der Waals surface area contributed by atoms with E-state index < -0.39 is 4.92 Å². The molecule has 0 radical (unpaired) electrons. The molecule has 0 aliphatic carbocycles. The molecule has 1 heterocycles. The molecule has 0 N–H and O–H groups in total. The van der Waals surface area contributed by atoms with Gasteiger partial charge in [-0.3, -0.25) is 14.9 Å². The van der Waals surface area contributed by atoms with Crippen molar-refractivity contribution in [3.05, 3.63) is 93.7 Å². The van der Waals surface area contributed by atoms with E-state index in [0.29, 0.717) is 22.6 Å². The van der Waals surface area contributed by atoms with Gasteiger partial charge in [0.15, 0.2) is 0 Å². The highest BCUT2D eigenvalue weighted by Gasteiger charge is 2.13. The Morgan fingerprint density at radius 1 is 1.04 bits per heavy atom. The van der Waals surface area contributed by atoms with Crippen LogP contribution in [0, 0.1) is 21.4 Å². The number of hydrogen-bond donors (Lipinski definition) is 0. The summed E-state index contributed by atoms with van der Waals surface area (Å²) in [6.07, 6.45) is 1.38. The molecule has 0 saturated carbocycles. The first kappa shape index (κ1) is 16.9. The van der Waals surface area contributed by atoms with Crippen LogP contribution in [0.1, 0.15) is 16.1 Å². The van der Waals surface area contributed by atoms with Crippen molar-refractivity contribution < 1.29 is 14.1 Å². The molecule has 0 fully saturated rings. The highest BCUT2D eigenvalue weighted by Crippen LogP contribution is 2.25. The van der Waals surface area contributed by atoms with Crippen LogP contribution in [0.3, 0.4) is 0 Å². The van der Waals surface area contributed by atoms with Gasteiger partial charge in [-0.15, -0.1) is 0 Å². The van der Waals surface area contributed by atoms with Crippen molar-refractivity contribution in [1.82, 2.24) is 0 Å². The number of nitro groups is 1. The highest BCUT2D eigenvalue weighted by atomic mass is 16.6. The number of hydrogen-bond acceptors (Lipinski definition) is 5. The Labute approximate surface area is 148 Å². The Bertz CT molecular complexity index is 1030. The summed E-state index contributed by atoms with van der Waals surface area (Å²) in [5.41, 5.74) is 1.02. The van der Waals surface area contributed by atoms with E-state index in [9.17, 15) is 20.2 Å². The van der Waals surface area contributed by atoms with Gasteiger partial charge in [0, 0.05) is 29.3 Å². The summed E-state index contributed by atoms with van der Waals surface area (Å²) in [6, 6.07) is 19.6. The van der Waals surface area contributed by atoms with Gasteiger partial charge in [0.1, 0.15) is 23.2 Å². The van der Waals surface area contributed by atoms with Gasteiger partial charge >= 0.3 is 0 Å². The van der Waals surface area contributed by atoms with Crippen molar-refractivity contribution in [1.29, 1.82) is 5.26 Å². The molecular formula is C20H12N2O4. The Morgan fingerprint density at radius 3 is 2.35 bits per heavy atom. The summed E-state index contributed by atoms with van der Waals surface area (Å²) in [5.74, 6) is 0.441. The number of furan rings is 1. The molecule has 2 aromatic carbocycles. The molecule has 0 saturated heterocycles. The van der Waals surface area contributed by atoms with E-state index in [2.05, 4.69) is 0 Å². The van der Waals surface area contributed by atoms with Crippen molar-refractivity contribution in [2.24, 2.45) is 0 Å². The fourth-order valence-electron chi connectivity index (χ4n) is 2.37. The third-order valence-electron chi connectivity index (χ3n) is 3.68. The zero-order valence-electron chi connectivity index (χ0n) is 13.5. The first-order chi connectivity index (χ1) is 12.6. The molecule has 1 aromatic heterocycles. The Morgan fingerprint density at radius 2 is 1.73 bits per heavy atom. The van der Waals surface area contributed by atoms with Gasteiger partial charge in [0.05, 0.1) is 4.92 Å². The van der Waals surface area contributed by atoms with E-state index in [1.165, 1.54) is 18.2 Å². The Kier molecular flexibility index (Phi) is 4.72. The van der Waals surface area contributed by atoms with Crippen LogP contribution < -0.4 is 0 Å². The number of Topliss-reactive ketones (excluding diaryl/α,β-unsaturated/α-hetero) is 1. The predicted molar refractivity (Wildman–Crippen MR) is 95.2 cm³/mol. The Hall–Kier alpha value is -3.98. The van der Waals surface area contributed by atoms with Crippen molar-refractivity contribution in [2.75, 3.05) is 0 Å². The number of ketones is 1. The molecule has 0 aliphatic heterocycles. The molecule has 3 aromatic rings. The third kappa shape index (κ3) is 3.57. The molecule has 6 heteroatoms. The summed E-state index contributed by atoms with van der Waals surface area (Å²) in [6.45, 7) is 0. The van der Waals surface area contributed by atoms with Gasteiger partial charge in [-0.1, -0.05) is 30.3 Å². The van der Waals surface area contributed by atoms with Gasteiger partial charge < -0.3 is 4.42 Å². The summed E-state index contributed by atoms with van der Waals surface area (Å²) >= 11 is 0. The van der Waals surface area contributed by atoms with Crippen LogP contribution in [0.5, 0.6) is 0 Å². The van der Waals surface area contributed by atoms with Crippen molar-refractivity contribution in [3.8, 4) is 17.4 Å². The normalized spacial score (nSPS) is 11.0. The fraction of sp³-hybridized carbons (Fsp3) is 0. The van der Waals surface area contributed by atoms with E-state index >= 15 is 0 Å². The van der Waals surface area contributed by atoms with Gasteiger partial charge in [-0.05, 0) is 24.3 Å². The van der Waals surface area contributed by atoms with Crippen LogP contribution in [0.4, 0.5) is 5.69 Å². The lowest BCUT2D eigenvalue weighted by molar-refractivity contribution is -0.384. The molecule has 0 amide bonds. The number of nitriles is 1. The van der Waals surface area contributed by atoms with E-state index in [-0.39, 0.29) is 17.0 Å². The second-order valence-electron chi connectivity index (χ2n) is 5.37. The molecule has 0 aliphatic rings. The summed E-state index contributed by atoms with van der Waals surface area (Å²) < 4.78 is 5.64. The average molecular weight is 344 g/mol. The van der Waals surface area contributed by atoms with Crippen molar-refractivity contribution >= 4 is 17.5 Å². The minimum atomic E-state index is -0.478. The third-order valence-corrected chi connectivity index (χ3v) is 3.68. The molecule has 0 atom stereocenters.